The molecule has 1 atom stereocenters. The SMILES string of the molecule is CC(C)(O)c1cc(C(F)(F)F)c2nc(CCCC(=O)C[C@@](C)(O)c3ccccc3)n(C3CCC3)c2c1. The predicted molar refractivity (Wildman–Crippen MR) is 131 cm³/mol. The topological polar surface area (TPSA) is 75.3 Å². The molecule has 1 aliphatic rings. The van der Waals surface area contributed by atoms with E-state index < -0.39 is 22.9 Å². The van der Waals surface area contributed by atoms with Crippen LogP contribution in [0.2, 0.25) is 0 Å². The maximum atomic E-state index is 14.0. The first-order chi connectivity index (χ1) is 16.8. The molecule has 2 aromatic carbocycles. The van der Waals surface area contributed by atoms with Crippen LogP contribution in [0.1, 0.15) is 87.9 Å². The predicted octanol–water partition coefficient (Wildman–Crippen LogP) is 6.20. The van der Waals surface area contributed by atoms with Crippen molar-refractivity contribution < 1.29 is 28.2 Å². The van der Waals surface area contributed by atoms with Gasteiger partial charge in [-0.05, 0) is 69.7 Å². The van der Waals surface area contributed by atoms with E-state index in [2.05, 4.69) is 4.98 Å². The van der Waals surface area contributed by atoms with Crippen molar-refractivity contribution in [1.82, 2.24) is 9.55 Å². The lowest BCUT2D eigenvalue weighted by atomic mass is 9.89. The van der Waals surface area contributed by atoms with E-state index in [0.717, 1.165) is 25.3 Å². The Labute approximate surface area is 209 Å². The average Bonchev–Trinajstić information content (AvgIpc) is 3.09. The molecule has 2 N–H and O–H groups in total. The number of halogens is 3. The first kappa shape index (κ1) is 26.4. The van der Waals surface area contributed by atoms with Gasteiger partial charge in [0, 0.05) is 25.3 Å². The normalized spacial score (nSPS) is 16.7. The molecule has 1 saturated carbocycles. The van der Waals surface area contributed by atoms with E-state index in [1.807, 2.05) is 10.6 Å². The van der Waals surface area contributed by atoms with Crippen LogP contribution in [-0.4, -0.2) is 25.5 Å². The Kier molecular flexibility index (Phi) is 7.05. The molecule has 0 bridgehead atoms. The summed E-state index contributed by atoms with van der Waals surface area (Å²) in [6.45, 7) is 4.54. The van der Waals surface area contributed by atoms with Crippen LogP contribution in [0.4, 0.5) is 13.2 Å². The molecule has 1 aliphatic carbocycles. The van der Waals surface area contributed by atoms with Crippen LogP contribution < -0.4 is 0 Å². The number of ketones is 1. The lowest BCUT2D eigenvalue weighted by molar-refractivity contribution is -0.136. The molecule has 0 amide bonds. The van der Waals surface area contributed by atoms with E-state index in [9.17, 15) is 28.2 Å². The molecule has 194 valence electrons. The molecule has 36 heavy (non-hydrogen) atoms. The molecule has 0 aliphatic heterocycles. The van der Waals surface area contributed by atoms with Crippen molar-refractivity contribution in [3.8, 4) is 0 Å². The van der Waals surface area contributed by atoms with Crippen LogP contribution in [0.3, 0.4) is 0 Å². The van der Waals surface area contributed by atoms with E-state index in [1.165, 1.54) is 13.8 Å². The van der Waals surface area contributed by atoms with Gasteiger partial charge in [0.2, 0.25) is 0 Å². The third-order valence-corrected chi connectivity index (χ3v) is 7.11. The smallest absolute Gasteiger partial charge is 0.386 e. The molecule has 0 unspecified atom stereocenters. The van der Waals surface area contributed by atoms with Gasteiger partial charge in [-0.3, -0.25) is 4.79 Å². The number of aliphatic hydroxyl groups is 2. The Bertz CT molecular complexity index is 1240. The number of carbonyl (C=O) groups is 1. The number of imidazole rings is 1. The summed E-state index contributed by atoms with van der Waals surface area (Å²) in [5.74, 6) is 0.408. The van der Waals surface area contributed by atoms with Gasteiger partial charge in [-0.1, -0.05) is 30.3 Å². The quantitative estimate of drug-likeness (QED) is 0.366. The van der Waals surface area contributed by atoms with Gasteiger partial charge in [0.25, 0.3) is 0 Å². The third kappa shape index (κ3) is 5.49. The number of rotatable bonds is 9. The van der Waals surface area contributed by atoms with Crippen LogP contribution in [0.25, 0.3) is 11.0 Å². The van der Waals surface area contributed by atoms with E-state index >= 15 is 0 Å². The number of aryl methyl sites for hydroxylation is 1. The van der Waals surface area contributed by atoms with Gasteiger partial charge in [-0.25, -0.2) is 4.98 Å². The lowest BCUT2D eigenvalue weighted by Gasteiger charge is -2.30. The second kappa shape index (κ2) is 9.63. The van der Waals surface area contributed by atoms with Crippen molar-refractivity contribution in [2.24, 2.45) is 0 Å². The molecule has 4 rings (SSSR count). The summed E-state index contributed by atoms with van der Waals surface area (Å²) in [7, 11) is 0. The maximum Gasteiger partial charge on any atom is 0.418 e. The molecule has 8 heteroatoms. The molecule has 0 radical (unpaired) electrons. The highest BCUT2D eigenvalue weighted by Crippen LogP contribution is 2.42. The van der Waals surface area contributed by atoms with E-state index in [4.69, 9.17) is 0 Å². The fourth-order valence-corrected chi connectivity index (χ4v) is 4.86. The molecule has 0 spiro atoms. The zero-order valence-corrected chi connectivity index (χ0v) is 20.9. The maximum absolute atomic E-state index is 14.0. The molecule has 3 aromatic rings. The largest absolute Gasteiger partial charge is 0.418 e. The number of carbonyl (C=O) groups excluding carboxylic acids is 1. The summed E-state index contributed by atoms with van der Waals surface area (Å²) in [6, 6.07) is 11.6. The number of nitrogens with zero attached hydrogens (tertiary/aromatic N) is 2. The van der Waals surface area contributed by atoms with Crippen LogP contribution in [0.15, 0.2) is 42.5 Å². The zero-order valence-electron chi connectivity index (χ0n) is 20.9. The second-order valence-electron chi connectivity index (χ2n) is 10.6. The van der Waals surface area contributed by atoms with Crippen molar-refractivity contribution in [2.45, 2.75) is 89.1 Å². The van der Waals surface area contributed by atoms with E-state index in [0.29, 0.717) is 29.7 Å². The minimum absolute atomic E-state index is 0.0385. The number of alkyl halides is 3. The van der Waals surface area contributed by atoms with Crippen molar-refractivity contribution in [3.05, 3.63) is 65.0 Å². The molecule has 1 heterocycles. The summed E-state index contributed by atoms with van der Waals surface area (Å²) in [4.78, 5) is 17.1. The van der Waals surface area contributed by atoms with Crippen molar-refractivity contribution in [1.29, 1.82) is 0 Å². The lowest BCUT2D eigenvalue weighted by Crippen LogP contribution is -2.25. The van der Waals surface area contributed by atoms with E-state index in [1.54, 1.807) is 37.3 Å². The minimum Gasteiger partial charge on any atom is -0.386 e. The zero-order chi connectivity index (χ0) is 26.3. The van der Waals surface area contributed by atoms with Crippen LogP contribution in [0, 0.1) is 0 Å². The van der Waals surface area contributed by atoms with Crippen molar-refractivity contribution >= 4 is 16.8 Å². The molecule has 1 aromatic heterocycles. The monoisotopic (exact) mass is 502 g/mol. The number of hydrogen-bond acceptors (Lipinski definition) is 4. The van der Waals surface area contributed by atoms with Gasteiger partial charge in [0.15, 0.2) is 0 Å². The van der Waals surface area contributed by atoms with Gasteiger partial charge in [0.05, 0.1) is 22.3 Å². The van der Waals surface area contributed by atoms with Crippen molar-refractivity contribution in [3.63, 3.8) is 0 Å². The summed E-state index contributed by atoms with van der Waals surface area (Å²) in [5.41, 5.74) is -2.47. The van der Waals surface area contributed by atoms with Crippen LogP contribution in [-0.2, 0) is 28.6 Å². The standard InChI is InChI=1S/C28H33F3N2O3/c1-26(2,35)19-15-22(28(29,30)31)25-23(16-19)33(20-11-7-12-20)24(32-25)14-8-13-21(34)17-27(3,36)18-9-5-4-6-10-18/h4-6,9-10,15-16,20,35-36H,7-8,11-14,17H2,1-3H3/t27-/m1/s1. The Balaban J connectivity index is 1.59. The van der Waals surface area contributed by atoms with Crippen molar-refractivity contribution in [2.75, 3.05) is 0 Å². The number of hydrogen-bond donors (Lipinski definition) is 2. The van der Waals surface area contributed by atoms with Gasteiger partial charge in [-0.15, -0.1) is 0 Å². The Morgan fingerprint density at radius 3 is 2.28 bits per heavy atom. The van der Waals surface area contributed by atoms with Gasteiger partial charge < -0.3 is 14.8 Å². The molecule has 0 saturated heterocycles. The van der Waals surface area contributed by atoms with Crippen LogP contribution >= 0.6 is 0 Å². The molecule has 5 nitrogen and oxygen atoms in total. The van der Waals surface area contributed by atoms with Gasteiger partial charge >= 0.3 is 6.18 Å². The number of aromatic nitrogens is 2. The summed E-state index contributed by atoms with van der Waals surface area (Å²) in [5, 5.41) is 21.2. The van der Waals surface area contributed by atoms with E-state index in [-0.39, 0.29) is 35.7 Å². The number of fused-ring (bicyclic) bond motifs is 1. The summed E-state index contributed by atoms with van der Waals surface area (Å²) < 4.78 is 43.8. The third-order valence-electron chi connectivity index (χ3n) is 7.11. The molecule has 1 fully saturated rings. The second-order valence-corrected chi connectivity index (χ2v) is 10.6. The fourth-order valence-electron chi connectivity index (χ4n) is 4.86. The number of Topliss-reactive ketones (excluding diaryl/α,β-unsaturated/α-hetero) is 1. The average molecular weight is 503 g/mol. The van der Waals surface area contributed by atoms with Gasteiger partial charge in [-0.2, -0.15) is 13.2 Å². The minimum atomic E-state index is -4.62. The highest BCUT2D eigenvalue weighted by atomic mass is 19.4. The summed E-state index contributed by atoms with van der Waals surface area (Å²) >= 11 is 0. The highest BCUT2D eigenvalue weighted by molar-refractivity contribution is 5.82. The van der Waals surface area contributed by atoms with Crippen LogP contribution in [0.5, 0.6) is 0 Å². The first-order valence-corrected chi connectivity index (χ1v) is 12.4. The molecular formula is C28H33F3N2O3. The summed E-state index contributed by atoms with van der Waals surface area (Å²) in [6.07, 6.45) is -1.00. The molecular weight excluding hydrogens is 469 g/mol. The fraction of sp³-hybridized carbons (Fsp3) is 0.500. The Morgan fingerprint density at radius 2 is 1.72 bits per heavy atom. The first-order valence-electron chi connectivity index (χ1n) is 12.4. The van der Waals surface area contributed by atoms with Gasteiger partial charge in [0.1, 0.15) is 17.1 Å². The Hall–Kier alpha value is -2.71. The highest BCUT2D eigenvalue weighted by Gasteiger charge is 2.37. The number of benzene rings is 2. The Morgan fingerprint density at radius 1 is 1.06 bits per heavy atom.